The highest BCUT2D eigenvalue weighted by molar-refractivity contribution is 6.17. The minimum absolute atomic E-state index is 0.263. The van der Waals surface area contributed by atoms with Gasteiger partial charge in [-0.3, -0.25) is 0 Å². The standard InChI is InChI=1S/C13H16O2/c1-4-10(2)12(13(14)15-3)11-8-6-5-7-9-11/h5-9H,4H2,1-3H3/b12-10-. The van der Waals surface area contributed by atoms with Gasteiger partial charge in [-0.25, -0.2) is 4.79 Å². The van der Waals surface area contributed by atoms with Crippen LogP contribution in [0.4, 0.5) is 0 Å². The van der Waals surface area contributed by atoms with E-state index in [1.54, 1.807) is 0 Å². The molecule has 0 saturated heterocycles. The van der Waals surface area contributed by atoms with Gasteiger partial charge in [0.1, 0.15) is 0 Å². The fraction of sp³-hybridized carbons (Fsp3) is 0.308. The average molecular weight is 204 g/mol. The van der Waals surface area contributed by atoms with Crippen molar-refractivity contribution >= 4 is 11.5 Å². The Bertz CT molecular complexity index is 363. The highest BCUT2D eigenvalue weighted by Crippen LogP contribution is 2.21. The minimum Gasteiger partial charge on any atom is -0.465 e. The summed E-state index contributed by atoms with van der Waals surface area (Å²) in [5.74, 6) is -0.263. The summed E-state index contributed by atoms with van der Waals surface area (Å²) in [7, 11) is 1.41. The fourth-order valence-electron chi connectivity index (χ4n) is 1.42. The van der Waals surface area contributed by atoms with E-state index in [9.17, 15) is 4.79 Å². The second-order valence-electron chi connectivity index (χ2n) is 3.37. The van der Waals surface area contributed by atoms with Crippen molar-refractivity contribution < 1.29 is 9.53 Å². The van der Waals surface area contributed by atoms with Gasteiger partial charge in [0, 0.05) is 0 Å². The predicted octanol–water partition coefficient (Wildman–Crippen LogP) is 3.04. The number of hydrogen-bond acceptors (Lipinski definition) is 2. The van der Waals surface area contributed by atoms with Gasteiger partial charge in [0.15, 0.2) is 0 Å². The van der Waals surface area contributed by atoms with Gasteiger partial charge in [-0.15, -0.1) is 0 Å². The van der Waals surface area contributed by atoms with Crippen LogP contribution in [0, 0.1) is 0 Å². The van der Waals surface area contributed by atoms with E-state index in [1.165, 1.54) is 7.11 Å². The van der Waals surface area contributed by atoms with Gasteiger partial charge in [0.05, 0.1) is 12.7 Å². The number of ether oxygens (including phenoxy) is 1. The van der Waals surface area contributed by atoms with Crippen LogP contribution < -0.4 is 0 Å². The number of carbonyl (C=O) groups is 1. The first-order valence-electron chi connectivity index (χ1n) is 5.04. The lowest BCUT2D eigenvalue weighted by molar-refractivity contribution is -0.133. The summed E-state index contributed by atoms with van der Waals surface area (Å²) < 4.78 is 4.79. The Kier molecular flexibility index (Phi) is 4.10. The number of allylic oxidation sites excluding steroid dienone is 1. The van der Waals surface area contributed by atoms with E-state index in [0.717, 1.165) is 17.6 Å². The zero-order valence-corrected chi connectivity index (χ0v) is 9.41. The van der Waals surface area contributed by atoms with Gasteiger partial charge in [0.2, 0.25) is 0 Å². The third kappa shape index (κ3) is 2.69. The van der Waals surface area contributed by atoms with E-state index in [1.807, 2.05) is 44.2 Å². The molecular formula is C13H16O2. The monoisotopic (exact) mass is 204 g/mol. The number of carbonyl (C=O) groups excluding carboxylic acids is 1. The van der Waals surface area contributed by atoms with Crippen molar-refractivity contribution in [2.45, 2.75) is 20.3 Å². The van der Waals surface area contributed by atoms with Crippen molar-refractivity contribution in [3.63, 3.8) is 0 Å². The van der Waals surface area contributed by atoms with Crippen molar-refractivity contribution in [3.05, 3.63) is 41.5 Å². The largest absolute Gasteiger partial charge is 0.465 e. The van der Waals surface area contributed by atoms with E-state index in [0.29, 0.717) is 5.57 Å². The smallest absolute Gasteiger partial charge is 0.338 e. The molecule has 0 unspecified atom stereocenters. The van der Waals surface area contributed by atoms with Crippen LogP contribution in [0.5, 0.6) is 0 Å². The molecule has 80 valence electrons. The lowest BCUT2D eigenvalue weighted by Crippen LogP contribution is -2.06. The Morgan fingerprint density at radius 2 is 1.87 bits per heavy atom. The van der Waals surface area contributed by atoms with Gasteiger partial charge < -0.3 is 4.74 Å². The zero-order valence-electron chi connectivity index (χ0n) is 9.41. The Morgan fingerprint density at radius 3 is 2.33 bits per heavy atom. The van der Waals surface area contributed by atoms with Gasteiger partial charge >= 0.3 is 5.97 Å². The molecule has 1 aromatic carbocycles. The van der Waals surface area contributed by atoms with Crippen LogP contribution in [0.3, 0.4) is 0 Å². The van der Waals surface area contributed by atoms with Crippen molar-refractivity contribution in [3.8, 4) is 0 Å². The fourth-order valence-corrected chi connectivity index (χ4v) is 1.42. The molecule has 2 nitrogen and oxygen atoms in total. The number of hydrogen-bond donors (Lipinski definition) is 0. The third-order valence-corrected chi connectivity index (χ3v) is 2.41. The van der Waals surface area contributed by atoms with Crippen molar-refractivity contribution in [1.82, 2.24) is 0 Å². The molecule has 1 aromatic rings. The summed E-state index contributed by atoms with van der Waals surface area (Å²) in [5.41, 5.74) is 2.65. The quantitative estimate of drug-likeness (QED) is 0.558. The molecule has 0 aliphatic rings. The highest BCUT2D eigenvalue weighted by atomic mass is 16.5. The summed E-state index contributed by atoms with van der Waals surface area (Å²) in [4.78, 5) is 11.6. The molecule has 0 aromatic heterocycles. The first kappa shape index (κ1) is 11.5. The molecule has 0 spiro atoms. The Labute approximate surface area is 90.6 Å². The molecule has 0 saturated carbocycles. The van der Waals surface area contributed by atoms with Crippen LogP contribution in [0.2, 0.25) is 0 Å². The summed E-state index contributed by atoms with van der Waals surface area (Å²) in [6.07, 6.45) is 0.847. The topological polar surface area (TPSA) is 26.3 Å². The van der Waals surface area contributed by atoms with E-state index < -0.39 is 0 Å². The van der Waals surface area contributed by atoms with Gasteiger partial charge in [-0.2, -0.15) is 0 Å². The van der Waals surface area contributed by atoms with Crippen molar-refractivity contribution in [2.75, 3.05) is 7.11 Å². The van der Waals surface area contributed by atoms with Crippen LogP contribution >= 0.6 is 0 Å². The van der Waals surface area contributed by atoms with Gasteiger partial charge in [0.25, 0.3) is 0 Å². The second-order valence-corrected chi connectivity index (χ2v) is 3.37. The van der Waals surface area contributed by atoms with E-state index in [-0.39, 0.29) is 5.97 Å². The van der Waals surface area contributed by atoms with Crippen LogP contribution in [-0.4, -0.2) is 13.1 Å². The molecule has 0 fully saturated rings. The molecule has 0 atom stereocenters. The summed E-state index contributed by atoms with van der Waals surface area (Å²) in [6, 6.07) is 9.61. The summed E-state index contributed by atoms with van der Waals surface area (Å²) >= 11 is 0. The zero-order chi connectivity index (χ0) is 11.3. The number of rotatable bonds is 3. The van der Waals surface area contributed by atoms with Crippen LogP contribution in [0.15, 0.2) is 35.9 Å². The molecule has 0 bridgehead atoms. The number of esters is 1. The van der Waals surface area contributed by atoms with Crippen molar-refractivity contribution in [2.24, 2.45) is 0 Å². The lowest BCUT2D eigenvalue weighted by atomic mass is 9.99. The van der Waals surface area contributed by atoms with Crippen LogP contribution in [0.25, 0.3) is 5.57 Å². The Hall–Kier alpha value is -1.57. The molecule has 0 aliphatic heterocycles. The number of methoxy groups -OCH3 is 1. The Balaban J connectivity index is 3.20. The van der Waals surface area contributed by atoms with E-state index in [4.69, 9.17) is 4.74 Å². The molecular weight excluding hydrogens is 188 g/mol. The lowest BCUT2D eigenvalue weighted by Gasteiger charge is -2.09. The van der Waals surface area contributed by atoms with Crippen LogP contribution in [0.1, 0.15) is 25.8 Å². The molecule has 0 heterocycles. The third-order valence-electron chi connectivity index (χ3n) is 2.41. The van der Waals surface area contributed by atoms with Crippen molar-refractivity contribution in [1.29, 1.82) is 0 Å². The average Bonchev–Trinajstić information content (AvgIpc) is 2.30. The highest BCUT2D eigenvalue weighted by Gasteiger charge is 2.14. The first-order chi connectivity index (χ1) is 7.20. The molecule has 0 amide bonds. The van der Waals surface area contributed by atoms with Gasteiger partial charge in [-0.1, -0.05) is 42.8 Å². The molecule has 1 rings (SSSR count). The summed E-state index contributed by atoms with van der Waals surface area (Å²) in [5, 5.41) is 0. The summed E-state index contributed by atoms with van der Waals surface area (Å²) in [6.45, 7) is 3.99. The normalized spacial score (nSPS) is 11.9. The maximum atomic E-state index is 11.6. The van der Waals surface area contributed by atoms with Gasteiger partial charge in [-0.05, 0) is 18.9 Å². The predicted molar refractivity (Wildman–Crippen MR) is 61.3 cm³/mol. The molecule has 0 aliphatic carbocycles. The minimum atomic E-state index is -0.263. The molecule has 0 N–H and O–H groups in total. The maximum absolute atomic E-state index is 11.6. The van der Waals surface area contributed by atoms with E-state index >= 15 is 0 Å². The second kappa shape index (κ2) is 5.35. The SMILES string of the molecule is CC/C(C)=C(\C(=O)OC)c1ccccc1. The van der Waals surface area contributed by atoms with E-state index in [2.05, 4.69) is 0 Å². The first-order valence-corrected chi connectivity index (χ1v) is 5.04. The molecule has 2 heteroatoms. The molecule has 0 radical (unpaired) electrons. The maximum Gasteiger partial charge on any atom is 0.338 e. The Morgan fingerprint density at radius 1 is 1.27 bits per heavy atom. The number of benzene rings is 1. The van der Waals surface area contributed by atoms with Crippen LogP contribution in [-0.2, 0) is 9.53 Å². The molecule has 15 heavy (non-hydrogen) atoms.